The Hall–Kier alpha value is -2.91. The maximum absolute atomic E-state index is 12.8. The molecule has 0 radical (unpaired) electrons. The molecule has 1 aromatic heterocycles. The highest BCUT2D eigenvalue weighted by Crippen LogP contribution is 2.19. The second kappa shape index (κ2) is 7.49. The number of para-hydroxylation sites is 2. The van der Waals surface area contributed by atoms with Crippen LogP contribution in [-0.2, 0) is 21.4 Å². The molecule has 0 saturated carbocycles. The molecular weight excluding hydrogens is 394 g/mol. The predicted octanol–water partition coefficient (Wildman–Crippen LogP) is 1.44. The molecular formula is C20H21N3O5S. The lowest BCUT2D eigenvalue weighted by molar-refractivity contribution is -0.133. The summed E-state index contributed by atoms with van der Waals surface area (Å²) in [6.45, 7) is 2.73. The molecule has 0 spiro atoms. The number of nitrogens with zero attached hydrogens (tertiary/aromatic N) is 3. The first-order valence-corrected chi connectivity index (χ1v) is 10.7. The Bertz CT molecular complexity index is 1200. The number of fused-ring (bicyclic) bond motifs is 1. The molecule has 1 aliphatic heterocycles. The van der Waals surface area contributed by atoms with Crippen LogP contribution in [0.3, 0.4) is 0 Å². The average Bonchev–Trinajstić information content (AvgIpc) is 3.03. The average molecular weight is 415 g/mol. The second-order valence-corrected chi connectivity index (χ2v) is 8.96. The van der Waals surface area contributed by atoms with Crippen molar-refractivity contribution in [1.29, 1.82) is 0 Å². The van der Waals surface area contributed by atoms with Crippen LogP contribution in [0.4, 0.5) is 0 Å². The van der Waals surface area contributed by atoms with Gasteiger partial charge in [-0.2, -0.15) is 4.31 Å². The van der Waals surface area contributed by atoms with Crippen LogP contribution in [0.2, 0.25) is 0 Å². The maximum Gasteiger partial charge on any atom is 0.420 e. The van der Waals surface area contributed by atoms with Gasteiger partial charge in [-0.15, -0.1) is 0 Å². The van der Waals surface area contributed by atoms with Crippen molar-refractivity contribution in [2.75, 3.05) is 26.2 Å². The highest BCUT2D eigenvalue weighted by atomic mass is 32.2. The van der Waals surface area contributed by atoms with Crippen molar-refractivity contribution in [2.45, 2.75) is 18.4 Å². The zero-order chi connectivity index (χ0) is 20.6. The number of oxazole rings is 1. The fraction of sp³-hybridized carbons (Fsp3) is 0.300. The molecule has 2 aromatic carbocycles. The maximum atomic E-state index is 12.8. The smallest absolute Gasteiger partial charge is 0.408 e. The quantitative estimate of drug-likeness (QED) is 0.643. The zero-order valence-corrected chi connectivity index (χ0v) is 16.8. The lowest BCUT2D eigenvalue weighted by Gasteiger charge is -2.34. The lowest BCUT2D eigenvalue weighted by Crippen LogP contribution is -2.51. The number of benzene rings is 2. The van der Waals surface area contributed by atoms with Crippen molar-refractivity contribution in [3.63, 3.8) is 0 Å². The standard InChI is InChI=1S/C20H21N3O5S/c1-15-6-8-16(9-7-15)29(26,27)22-12-10-21(11-13-22)19(24)14-23-17-4-2-3-5-18(17)28-20(23)25/h2-9H,10-14H2,1H3. The fourth-order valence-electron chi connectivity index (χ4n) is 3.44. The Morgan fingerprint density at radius 3 is 2.34 bits per heavy atom. The number of aryl methyl sites for hydroxylation is 1. The van der Waals surface area contributed by atoms with E-state index >= 15 is 0 Å². The third kappa shape index (κ3) is 3.70. The number of piperazine rings is 1. The Balaban J connectivity index is 1.44. The molecule has 29 heavy (non-hydrogen) atoms. The first-order valence-electron chi connectivity index (χ1n) is 9.29. The molecule has 0 aliphatic carbocycles. The molecule has 1 aliphatic rings. The Labute approximate surface area is 168 Å². The molecule has 4 rings (SSSR count). The van der Waals surface area contributed by atoms with Crippen molar-refractivity contribution in [3.8, 4) is 0 Å². The number of rotatable bonds is 4. The summed E-state index contributed by atoms with van der Waals surface area (Å²) in [4.78, 5) is 26.6. The highest BCUT2D eigenvalue weighted by molar-refractivity contribution is 7.89. The minimum atomic E-state index is -3.59. The lowest BCUT2D eigenvalue weighted by atomic mass is 10.2. The van der Waals surface area contributed by atoms with Crippen LogP contribution in [0.5, 0.6) is 0 Å². The van der Waals surface area contributed by atoms with Crippen LogP contribution in [0.15, 0.2) is 62.6 Å². The molecule has 3 aromatic rings. The predicted molar refractivity (Wildman–Crippen MR) is 107 cm³/mol. The topological polar surface area (TPSA) is 92.8 Å². The van der Waals surface area contributed by atoms with E-state index in [9.17, 15) is 18.0 Å². The molecule has 1 amide bonds. The largest absolute Gasteiger partial charge is 0.420 e. The van der Waals surface area contributed by atoms with Crippen molar-refractivity contribution >= 4 is 27.0 Å². The monoisotopic (exact) mass is 415 g/mol. The molecule has 0 N–H and O–H groups in total. The first kappa shape index (κ1) is 19.4. The fourth-order valence-corrected chi connectivity index (χ4v) is 4.86. The number of hydrogen-bond donors (Lipinski definition) is 0. The minimum absolute atomic E-state index is 0.138. The SMILES string of the molecule is Cc1ccc(S(=O)(=O)N2CCN(C(=O)Cn3c(=O)oc4ccccc43)CC2)cc1. The van der Waals surface area contributed by atoms with E-state index in [1.54, 1.807) is 53.4 Å². The van der Waals surface area contributed by atoms with Gasteiger partial charge < -0.3 is 9.32 Å². The van der Waals surface area contributed by atoms with Crippen LogP contribution >= 0.6 is 0 Å². The number of carbonyl (C=O) groups excluding carboxylic acids is 1. The summed E-state index contributed by atoms with van der Waals surface area (Å²) in [5.41, 5.74) is 1.98. The zero-order valence-electron chi connectivity index (χ0n) is 15.9. The van der Waals surface area contributed by atoms with Crippen LogP contribution in [0.25, 0.3) is 11.1 Å². The van der Waals surface area contributed by atoms with Crippen LogP contribution in [-0.4, -0.2) is 54.3 Å². The van der Waals surface area contributed by atoms with Crippen LogP contribution in [0, 0.1) is 6.92 Å². The van der Waals surface area contributed by atoms with E-state index in [2.05, 4.69) is 0 Å². The molecule has 152 valence electrons. The van der Waals surface area contributed by atoms with Gasteiger partial charge in [0.25, 0.3) is 0 Å². The van der Waals surface area contributed by atoms with Crippen molar-refractivity contribution in [1.82, 2.24) is 13.8 Å². The van der Waals surface area contributed by atoms with Gasteiger partial charge in [-0.25, -0.2) is 13.2 Å². The van der Waals surface area contributed by atoms with Gasteiger partial charge >= 0.3 is 5.76 Å². The summed E-state index contributed by atoms with van der Waals surface area (Å²) in [5.74, 6) is -0.828. The summed E-state index contributed by atoms with van der Waals surface area (Å²) in [5, 5.41) is 0. The molecule has 1 fully saturated rings. The molecule has 2 heterocycles. The number of hydrogen-bond acceptors (Lipinski definition) is 5. The van der Waals surface area contributed by atoms with E-state index in [0.717, 1.165) is 5.56 Å². The van der Waals surface area contributed by atoms with Gasteiger partial charge in [0, 0.05) is 26.2 Å². The van der Waals surface area contributed by atoms with Gasteiger partial charge in [-0.3, -0.25) is 9.36 Å². The summed E-state index contributed by atoms with van der Waals surface area (Å²) < 4.78 is 33.4. The highest BCUT2D eigenvalue weighted by Gasteiger charge is 2.30. The number of carbonyl (C=O) groups is 1. The first-order chi connectivity index (χ1) is 13.9. The Kier molecular flexibility index (Phi) is 5.01. The van der Waals surface area contributed by atoms with E-state index in [-0.39, 0.29) is 43.5 Å². The van der Waals surface area contributed by atoms with Crippen molar-refractivity contribution < 1.29 is 17.6 Å². The van der Waals surface area contributed by atoms with Gasteiger partial charge in [0.05, 0.1) is 10.4 Å². The van der Waals surface area contributed by atoms with E-state index in [1.807, 2.05) is 6.92 Å². The molecule has 1 saturated heterocycles. The molecule has 8 nitrogen and oxygen atoms in total. The second-order valence-electron chi connectivity index (χ2n) is 7.02. The molecule has 0 bridgehead atoms. The number of amides is 1. The summed E-state index contributed by atoms with van der Waals surface area (Å²) in [6, 6.07) is 13.6. The molecule has 9 heteroatoms. The van der Waals surface area contributed by atoms with Crippen molar-refractivity contribution in [3.05, 3.63) is 64.6 Å². The third-order valence-corrected chi connectivity index (χ3v) is 7.03. The van der Waals surface area contributed by atoms with E-state index in [4.69, 9.17) is 4.42 Å². The van der Waals surface area contributed by atoms with E-state index in [0.29, 0.717) is 11.1 Å². The van der Waals surface area contributed by atoms with E-state index in [1.165, 1.54) is 8.87 Å². The van der Waals surface area contributed by atoms with Crippen LogP contribution < -0.4 is 5.76 Å². The normalized spacial score (nSPS) is 15.7. The summed E-state index contributed by atoms with van der Waals surface area (Å²) >= 11 is 0. The van der Waals surface area contributed by atoms with Gasteiger partial charge in [0.2, 0.25) is 15.9 Å². The number of sulfonamides is 1. The van der Waals surface area contributed by atoms with Gasteiger partial charge in [-0.1, -0.05) is 29.8 Å². The summed E-state index contributed by atoms with van der Waals surface area (Å²) in [7, 11) is -3.59. The molecule has 0 atom stereocenters. The Morgan fingerprint density at radius 1 is 1.00 bits per heavy atom. The van der Waals surface area contributed by atoms with Crippen LogP contribution in [0.1, 0.15) is 5.56 Å². The summed E-state index contributed by atoms with van der Waals surface area (Å²) in [6.07, 6.45) is 0. The number of aromatic nitrogens is 1. The van der Waals surface area contributed by atoms with E-state index < -0.39 is 15.8 Å². The van der Waals surface area contributed by atoms with Gasteiger partial charge in [0.1, 0.15) is 6.54 Å². The minimum Gasteiger partial charge on any atom is -0.408 e. The van der Waals surface area contributed by atoms with Crippen molar-refractivity contribution in [2.24, 2.45) is 0 Å². The van der Waals surface area contributed by atoms with Gasteiger partial charge in [-0.05, 0) is 31.2 Å². The van der Waals surface area contributed by atoms with Gasteiger partial charge in [0.15, 0.2) is 5.58 Å². The molecule has 0 unspecified atom stereocenters. The Morgan fingerprint density at radius 2 is 1.66 bits per heavy atom. The third-order valence-electron chi connectivity index (χ3n) is 5.12.